The average molecular weight is 401 g/mol. The Bertz CT molecular complexity index is 731. The fourth-order valence-electron chi connectivity index (χ4n) is 3.04. The van der Waals surface area contributed by atoms with E-state index >= 15 is 0 Å². The Morgan fingerprint density at radius 2 is 1.93 bits per heavy atom. The van der Waals surface area contributed by atoms with Gasteiger partial charge in [-0.15, -0.1) is 0 Å². The molecule has 0 bridgehead atoms. The van der Waals surface area contributed by atoms with Crippen LogP contribution in [-0.4, -0.2) is 72.1 Å². The molecule has 8 nitrogen and oxygen atoms in total. The Morgan fingerprint density at radius 3 is 2.52 bits per heavy atom. The lowest BCUT2D eigenvalue weighted by Crippen LogP contribution is -3.15. The van der Waals surface area contributed by atoms with Gasteiger partial charge in [0.25, 0.3) is 5.91 Å². The van der Waals surface area contributed by atoms with Crippen molar-refractivity contribution in [3.05, 3.63) is 18.2 Å². The van der Waals surface area contributed by atoms with Crippen LogP contribution in [0.5, 0.6) is 11.5 Å². The van der Waals surface area contributed by atoms with Crippen molar-refractivity contribution in [2.24, 2.45) is 0 Å². The quantitative estimate of drug-likeness (QED) is 0.546. The lowest BCUT2D eigenvalue weighted by atomic mass is 10.3. The molecule has 0 unspecified atom stereocenters. The summed E-state index contributed by atoms with van der Waals surface area (Å²) >= 11 is 0. The average Bonchev–Trinajstić information content (AvgIpc) is 2.68. The second kappa shape index (κ2) is 9.91. The normalized spacial score (nSPS) is 16.1. The number of nitrogens with one attached hydrogen (secondary N) is 2. The smallest absolute Gasteiger partial charge is 0.275 e. The summed E-state index contributed by atoms with van der Waals surface area (Å²) in [7, 11) is -0.756. The fraction of sp³-hybridized carbons (Fsp3) is 0.611. The van der Waals surface area contributed by atoms with E-state index in [9.17, 15) is 13.2 Å². The molecule has 0 saturated carbocycles. The number of hydrogen-bond acceptors (Lipinski definition) is 5. The molecular formula is C18H30N3O5S+. The molecule has 1 aromatic rings. The number of ether oxygens (including phenoxy) is 2. The van der Waals surface area contributed by atoms with Crippen LogP contribution in [0.15, 0.2) is 23.1 Å². The maximum atomic E-state index is 13.0. The zero-order valence-electron chi connectivity index (χ0n) is 16.3. The van der Waals surface area contributed by atoms with Gasteiger partial charge in [-0.1, -0.05) is 13.3 Å². The molecule has 1 aliphatic rings. The highest BCUT2D eigenvalue weighted by Crippen LogP contribution is 2.30. The van der Waals surface area contributed by atoms with Crippen molar-refractivity contribution < 1.29 is 27.6 Å². The summed E-state index contributed by atoms with van der Waals surface area (Å²) in [6, 6.07) is 4.74. The summed E-state index contributed by atoms with van der Waals surface area (Å²) in [6.07, 6.45) is 2.01. The summed E-state index contributed by atoms with van der Waals surface area (Å²) in [4.78, 5) is 13.1. The minimum atomic E-state index is -3.69. The Hall–Kier alpha value is -1.84. The lowest BCUT2D eigenvalue weighted by molar-refractivity contribution is -0.895. The van der Waals surface area contributed by atoms with Crippen molar-refractivity contribution >= 4 is 15.9 Å². The zero-order valence-corrected chi connectivity index (χ0v) is 17.1. The van der Waals surface area contributed by atoms with Gasteiger partial charge in [0.05, 0.1) is 40.4 Å². The number of rotatable bonds is 9. The Morgan fingerprint density at radius 1 is 1.22 bits per heavy atom. The predicted molar refractivity (Wildman–Crippen MR) is 102 cm³/mol. The van der Waals surface area contributed by atoms with Crippen LogP contribution in [-0.2, 0) is 14.8 Å². The third-order valence-electron chi connectivity index (χ3n) is 4.68. The van der Waals surface area contributed by atoms with Crippen LogP contribution in [0.25, 0.3) is 0 Å². The number of nitrogens with zero attached hydrogens (tertiary/aromatic N) is 1. The van der Waals surface area contributed by atoms with Gasteiger partial charge < -0.3 is 19.7 Å². The topological polar surface area (TPSA) is 89.4 Å². The highest BCUT2D eigenvalue weighted by molar-refractivity contribution is 7.89. The molecule has 1 aliphatic heterocycles. The Balaban J connectivity index is 1.99. The maximum Gasteiger partial charge on any atom is 0.275 e. The van der Waals surface area contributed by atoms with Crippen LogP contribution in [0.2, 0.25) is 0 Å². The first-order valence-corrected chi connectivity index (χ1v) is 10.7. The number of quaternary nitrogens is 1. The molecule has 0 aliphatic carbocycles. The first-order valence-electron chi connectivity index (χ1n) is 9.24. The summed E-state index contributed by atoms with van der Waals surface area (Å²) in [5.74, 6) is 0.771. The van der Waals surface area contributed by atoms with Crippen molar-refractivity contribution in [1.82, 2.24) is 9.62 Å². The summed E-state index contributed by atoms with van der Waals surface area (Å²) in [5.41, 5.74) is 0. The number of carbonyl (C=O) groups excluding carboxylic acids is 1. The second-order valence-electron chi connectivity index (χ2n) is 6.55. The number of carbonyl (C=O) groups is 1. The Labute approximate surface area is 161 Å². The second-order valence-corrected chi connectivity index (χ2v) is 8.46. The van der Waals surface area contributed by atoms with Crippen LogP contribution >= 0.6 is 0 Å². The van der Waals surface area contributed by atoms with Crippen LogP contribution in [0.3, 0.4) is 0 Å². The third-order valence-corrected chi connectivity index (χ3v) is 6.60. The monoisotopic (exact) mass is 400 g/mol. The van der Waals surface area contributed by atoms with E-state index in [1.807, 2.05) is 0 Å². The molecule has 152 valence electrons. The van der Waals surface area contributed by atoms with E-state index < -0.39 is 10.0 Å². The molecule has 1 fully saturated rings. The molecule has 9 heteroatoms. The van der Waals surface area contributed by atoms with Gasteiger partial charge in [0.2, 0.25) is 10.0 Å². The number of benzene rings is 1. The van der Waals surface area contributed by atoms with Gasteiger partial charge in [0, 0.05) is 12.6 Å². The summed E-state index contributed by atoms with van der Waals surface area (Å²) in [6.45, 7) is 5.05. The van der Waals surface area contributed by atoms with E-state index in [0.717, 1.165) is 17.7 Å². The van der Waals surface area contributed by atoms with Crippen LogP contribution in [0.4, 0.5) is 0 Å². The highest BCUT2D eigenvalue weighted by atomic mass is 32.2. The van der Waals surface area contributed by atoms with E-state index in [1.165, 1.54) is 24.6 Å². The molecule has 1 amide bonds. The maximum absolute atomic E-state index is 13.0. The van der Waals surface area contributed by atoms with Gasteiger partial charge in [-0.2, -0.15) is 4.31 Å². The van der Waals surface area contributed by atoms with Crippen molar-refractivity contribution in [3.8, 4) is 11.5 Å². The van der Waals surface area contributed by atoms with Gasteiger partial charge in [-0.3, -0.25) is 4.79 Å². The first-order chi connectivity index (χ1) is 12.9. The van der Waals surface area contributed by atoms with Crippen LogP contribution in [0.1, 0.15) is 19.8 Å². The molecule has 2 rings (SSSR count). The van der Waals surface area contributed by atoms with Gasteiger partial charge in [-0.05, 0) is 18.6 Å². The molecule has 1 aromatic carbocycles. The molecule has 0 aromatic heterocycles. The van der Waals surface area contributed by atoms with E-state index in [0.29, 0.717) is 50.8 Å². The SMILES string of the molecule is CCCCNC(=O)C[NH+]1CCN(S(=O)(=O)c2cc(OC)ccc2OC)CC1. The van der Waals surface area contributed by atoms with Crippen molar-refractivity contribution in [3.63, 3.8) is 0 Å². The van der Waals surface area contributed by atoms with Crippen LogP contribution < -0.4 is 19.7 Å². The number of unbranched alkanes of at least 4 members (excludes halogenated alkanes) is 1. The van der Waals surface area contributed by atoms with E-state index in [4.69, 9.17) is 9.47 Å². The molecule has 27 heavy (non-hydrogen) atoms. The third kappa shape index (κ3) is 5.57. The first kappa shape index (κ1) is 21.5. The number of hydrogen-bond donors (Lipinski definition) is 2. The number of sulfonamides is 1. The van der Waals surface area contributed by atoms with Crippen molar-refractivity contribution in [1.29, 1.82) is 0 Å². The van der Waals surface area contributed by atoms with Gasteiger partial charge in [-0.25, -0.2) is 8.42 Å². The molecular weight excluding hydrogens is 370 g/mol. The molecule has 0 radical (unpaired) electrons. The Kier molecular flexibility index (Phi) is 7.88. The lowest BCUT2D eigenvalue weighted by Gasteiger charge is -2.31. The molecule has 1 saturated heterocycles. The minimum absolute atomic E-state index is 0.0178. The van der Waals surface area contributed by atoms with Gasteiger partial charge in [0.1, 0.15) is 16.4 Å². The molecule has 0 atom stereocenters. The molecule has 0 spiro atoms. The molecule has 2 N–H and O–H groups in total. The van der Waals surface area contributed by atoms with Gasteiger partial charge in [0.15, 0.2) is 6.54 Å². The highest BCUT2D eigenvalue weighted by Gasteiger charge is 2.33. The predicted octanol–water partition coefficient (Wildman–Crippen LogP) is -0.491. The standard InChI is InChI=1S/C18H29N3O5S/c1-4-5-8-19-18(22)14-20-9-11-21(12-10-20)27(23,24)17-13-15(25-2)6-7-16(17)26-3/h6-7,13H,4-5,8-12,14H2,1-3H3,(H,19,22)/p+1. The summed E-state index contributed by atoms with van der Waals surface area (Å²) in [5, 5.41) is 2.90. The zero-order chi connectivity index (χ0) is 19.9. The number of methoxy groups -OCH3 is 2. The van der Waals surface area contributed by atoms with E-state index in [-0.39, 0.29) is 10.8 Å². The van der Waals surface area contributed by atoms with Crippen LogP contribution in [0, 0.1) is 0 Å². The molecule has 1 heterocycles. The van der Waals surface area contributed by atoms with E-state index in [2.05, 4.69) is 12.2 Å². The summed E-state index contributed by atoms with van der Waals surface area (Å²) < 4.78 is 37.9. The fourth-order valence-corrected chi connectivity index (χ4v) is 4.65. The largest absolute Gasteiger partial charge is 0.497 e. The van der Waals surface area contributed by atoms with Crippen molar-refractivity contribution in [2.45, 2.75) is 24.7 Å². The van der Waals surface area contributed by atoms with Crippen molar-refractivity contribution in [2.75, 3.05) is 53.5 Å². The van der Waals surface area contributed by atoms with E-state index in [1.54, 1.807) is 12.1 Å². The number of amides is 1. The minimum Gasteiger partial charge on any atom is -0.497 e. The number of piperazine rings is 1. The van der Waals surface area contributed by atoms with Gasteiger partial charge >= 0.3 is 0 Å².